The van der Waals surface area contributed by atoms with Crippen LogP contribution >= 0.6 is 11.6 Å². The number of nitrogens with one attached hydrogen (secondary N) is 1. The quantitative estimate of drug-likeness (QED) is 0.329. The van der Waals surface area contributed by atoms with Crippen LogP contribution in [0.3, 0.4) is 0 Å². The van der Waals surface area contributed by atoms with Gasteiger partial charge in [0.25, 0.3) is 5.88 Å². The molecule has 172 valence electrons. The van der Waals surface area contributed by atoms with E-state index in [-0.39, 0.29) is 29.0 Å². The molecule has 1 aromatic heterocycles. The Morgan fingerprint density at radius 2 is 1.91 bits per heavy atom. The third-order valence-electron chi connectivity index (χ3n) is 3.52. The van der Waals surface area contributed by atoms with Crippen molar-refractivity contribution in [3.63, 3.8) is 0 Å². The van der Waals surface area contributed by atoms with Gasteiger partial charge in [0.1, 0.15) is 11.6 Å². The predicted octanol–water partition coefficient (Wildman–Crippen LogP) is 4.07. The van der Waals surface area contributed by atoms with Crippen molar-refractivity contribution in [2.75, 3.05) is 18.5 Å². The number of hydrogen-bond acceptors (Lipinski definition) is 7. The summed E-state index contributed by atoms with van der Waals surface area (Å²) >= 11 is 5.94. The molecule has 13 heteroatoms. The molecule has 1 aromatic carbocycles. The summed E-state index contributed by atoms with van der Waals surface area (Å²) in [4.78, 5) is 38.0. The standard InChI is InChI=1S/C19H15ClF4N2O6/c1-2-30-17(29)9-31-18-13(4-3-5-25-18)32-14-7-12(11(21)6-10(14)20)26-16(28)8-15(27)19(22,23)24/h3-7H,2,8-9H2,1H3,(H,26,28). The second kappa shape index (κ2) is 10.8. The number of esters is 1. The van der Waals surface area contributed by atoms with Gasteiger partial charge in [0, 0.05) is 12.3 Å². The number of aromatic nitrogens is 1. The molecule has 0 aliphatic heterocycles. The molecule has 0 atom stereocenters. The number of benzene rings is 1. The molecule has 2 rings (SSSR count). The number of pyridine rings is 1. The van der Waals surface area contributed by atoms with Gasteiger partial charge in [0.15, 0.2) is 12.4 Å². The van der Waals surface area contributed by atoms with Crippen LogP contribution in [0.5, 0.6) is 17.4 Å². The zero-order valence-corrected chi connectivity index (χ0v) is 17.1. The summed E-state index contributed by atoms with van der Waals surface area (Å²) < 4.78 is 66.4. The Bertz CT molecular complexity index is 1020. The lowest BCUT2D eigenvalue weighted by atomic mass is 10.2. The maximum absolute atomic E-state index is 14.1. The van der Waals surface area contributed by atoms with Gasteiger partial charge in [-0.05, 0) is 25.1 Å². The van der Waals surface area contributed by atoms with Crippen LogP contribution in [0.2, 0.25) is 5.02 Å². The van der Waals surface area contributed by atoms with Crippen LogP contribution in [0, 0.1) is 5.82 Å². The first kappa shape index (κ1) is 24.9. The molecule has 32 heavy (non-hydrogen) atoms. The number of hydrogen-bond donors (Lipinski definition) is 1. The minimum atomic E-state index is -5.20. The molecule has 1 heterocycles. The van der Waals surface area contributed by atoms with Crippen LogP contribution in [0.1, 0.15) is 13.3 Å². The zero-order chi connectivity index (χ0) is 23.9. The first-order chi connectivity index (χ1) is 15.0. The fraction of sp³-hybridized carbons (Fsp3) is 0.263. The van der Waals surface area contributed by atoms with Crippen molar-refractivity contribution < 1.29 is 46.2 Å². The molecule has 0 fully saturated rings. The molecule has 0 saturated carbocycles. The first-order valence-corrected chi connectivity index (χ1v) is 9.19. The number of rotatable bonds is 9. The molecule has 0 aliphatic rings. The summed E-state index contributed by atoms with van der Waals surface area (Å²) in [6, 6.07) is 4.48. The summed E-state index contributed by atoms with van der Waals surface area (Å²) in [5.74, 6) is -5.84. The molecule has 0 unspecified atom stereocenters. The number of ketones is 1. The van der Waals surface area contributed by atoms with Gasteiger partial charge in [-0.25, -0.2) is 14.2 Å². The van der Waals surface area contributed by atoms with Crippen LogP contribution in [0.4, 0.5) is 23.2 Å². The highest BCUT2D eigenvalue weighted by Gasteiger charge is 2.39. The van der Waals surface area contributed by atoms with Gasteiger partial charge < -0.3 is 19.5 Å². The number of ether oxygens (including phenoxy) is 3. The second-order valence-corrected chi connectivity index (χ2v) is 6.32. The molecule has 8 nitrogen and oxygen atoms in total. The van der Waals surface area contributed by atoms with Crippen molar-refractivity contribution in [2.24, 2.45) is 0 Å². The van der Waals surface area contributed by atoms with E-state index in [1.807, 2.05) is 5.32 Å². The number of halogens is 5. The summed E-state index contributed by atoms with van der Waals surface area (Å²) in [6.45, 7) is 1.27. The van der Waals surface area contributed by atoms with Crippen LogP contribution in [-0.2, 0) is 19.1 Å². The minimum absolute atomic E-state index is 0.0465. The topological polar surface area (TPSA) is 104 Å². The summed E-state index contributed by atoms with van der Waals surface area (Å²) in [7, 11) is 0. The molecule has 0 bridgehead atoms. The number of nitrogens with zero attached hydrogens (tertiary/aromatic N) is 1. The molecule has 0 spiro atoms. The highest BCUT2D eigenvalue weighted by atomic mass is 35.5. The molecule has 2 aromatic rings. The fourth-order valence-corrected chi connectivity index (χ4v) is 2.34. The first-order valence-electron chi connectivity index (χ1n) is 8.81. The number of amides is 1. The van der Waals surface area contributed by atoms with Crippen molar-refractivity contribution in [3.8, 4) is 17.4 Å². The Morgan fingerprint density at radius 1 is 1.19 bits per heavy atom. The van der Waals surface area contributed by atoms with Gasteiger partial charge in [-0.1, -0.05) is 11.6 Å². The van der Waals surface area contributed by atoms with Crippen molar-refractivity contribution >= 4 is 34.9 Å². The van der Waals surface area contributed by atoms with E-state index in [1.54, 1.807) is 6.92 Å². The van der Waals surface area contributed by atoms with Crippen LogP contribution in [0.15, 0.2) is 30.5 Å². The van der Waals surface area contributed by atoms with E-state index in [9.17, 15) is 31.9 Å². The molecular formula is C19H15ClF4N2O6. The van der Waals surface area contributed by atoms with Crippen LogP contribution in [-0.4, -0.2) is 42.0 Å². The Hall–Kier alpha value is -3.41. The number of alkyl halides is 3. The second-order valence-electron chi connectivity index (χ2n) is 5.91. The van der Waals surface area contributed by atoms with Gasteiger partial charge in [-0.15, -0.1) is 0 Å². The van der Waals surface area contributed by atoms with Crippen LogP contribution < -0.4 is 14.8 Å². The van der Waals surface area contributed by atoms with E-state index in [2.05, 4.69) is 4.98 Å². The number of carbonyl (C=O) groups excluding carboxylic acids is 3. The van der Waals surface area contributed by atoms with Gasteiger partial charge in [0.2, 0.25) is 11.7 Å². The molecule has 0 saturated heterocycles. The number of carbonyl (C=O) groups is 3. The van der Waals surface area contributed by atoms with Gasteiger partial charge in [-0.2, -0.15) is 13.2 Å². The summed E-state index contributed by atoms with van der Waals surface area (Å²) in [6.07, 6.45) is -5.40. The average molecular weight is 479 g/mol. The van der Waals surface area contributed by atoms with Gasteiger partial charge in [-0.3, -0.25) is 9.59 Å². The number of Topliss-reactive ketones (excluding diaryl/α,β-unsaturated/α-hetero) is 1. The SMILES string of the molecule is CCOC(=O)COc1ncccc1Oc1cc(NC(=O)CC(=O)C(F)(F)F)c(F)cc1Cl. The van der Waals surface area contributed by atoms with E-state index in [0.717, 1.165) is 12.1 Å². The van der Waals surface area contributed by atoms with Crippen molar-refractivity contribution in [2.45, 2.75) is 19.5 Å². The normalized spacial score (nSPS) is 10.9. The van der Waals surface area contributed by atoms with Crippen molar-refractivity contribution in [1.29, 1.82) is 0 Å². The van der Waals surface area contributed by atoms with Gasteiger partial charge in [0.05, 0.1) is 23.7 Å². The Labute approximate surface area is 183 Å². The van der Waals surface area contributed by atoms with Crippen molar-refractivity contribution in [1.82, 2.24) is 4.98 Å². The lowest BCUT2D eigenvalue weighted by Gasteiger charge is -2.14. The zero-order valence-electron chi connectivity index (χ0n) is 16.3. The highest BCUT2D eigenvalue weighted by Crippen LogP contribution is 2.36. The highest BCUT2D eigenvalue weighted by molar-refractivity contribution is 6.32. The van der Waals surface area contributed by atoms with Crippen molar-refractivity contribution in [3.05, 3.63) is 41.3 Å². The maximum Gasteiger partial charge on any atom is 0.450 e. The Balaban J connectivity index is 2.19. The third kappa shape index (κ3) is 7.08. The summed E-state index contributed by atoms with van der Waals surface area (Å²) in [5.41, 5.74) is -0.581. The van der Waals surface area contributed by atoms with Crippen LogP contribution in [0.25, 0.3) is 0 Å². The van der Waals surface area contributed by atoms with Gasteiger partial charge >= 0.3 is 12.1 Å². The molecule has 0 aliphatic carbocycles. The van der Waals surface area contributed by atoms with E-state index in [0.29, 0.717) is 0 Å². The Kier molecular flexibility index (Phi) is 8.35. The van der Waals surface area contributed by atoms with E-state index >= 15 is 0 Å². The summed E-state index contributed by atoms with van der Waals surface area (Å²) in [5, 5.41) is 1.60. The molecule has 1 N–H and O–H groups in total. The maximum atomic E-state index is 14.1. The number of anilines is 1. The monoisotopic (exact) mass is 478 g/mol. The minimum Gasteiger partial charge on any atom is -0.463 e. The molecule has 1 amide bonds. The van der Waals surface area contributed by atoms with E-state index < -0.39 is 48.4 Å². The lowest BCUT2D eigenvalue weighted by molar-refractivity contribution is -0.171. The fourth-order valence-electron chi connectivity index (χ4n) is 2.15. The average Bonchev–Trinajstić information content (AvgIpc) is 2.70. The smallest absolute Gasteiger partial charge is 0.450 e. The largest absolute Gasteiger partial charge is 0.463 e. The third-order valence-corrected chi connectivity index (χ3v) is 3.82. The predicted molar refractivity (Wildman–Crippen MR) is 102 cm³/mol. The molecule has 0 radical (unpaired) electrons. The van der Waals surface area contributed by atoms with E-state index in [4.69, 9.17) is 25.8 Å². The lowest BCUT2D eigenvalue weighted by Crippen LogP contribution is -2.28. The Morgan fingerprint density at radius 3 is 2.56 bits per heavy atom. The van der Waals surface area contributed by atoms with E-state index in [1.165, 1.54) is 18.3 Å². The molecular weight excluding hydrogens is 464 g/mol.